The fourth-order valence-corrected chi connectivity index (χ4v) is 3.56. The Balaban J connectivity index is 1.84. The van der Waals surface area contributed by atoms with Gasteiger partial charge in [0.05, 0.1) is 10.6 Å². The third-order valence-corrected chi connectivity index (χ3v) is 5.04. The summed E-state index contributed by atoms with van der Waals surface area (Å²) in [4.78, 5) is 14.5. The highest BCUT2D eigenvalue weighted by Crippen LogP contribution is 2.29. The lowest BCUT2D eigenvalue weighted by Gasteiger charge is -2.25. The normalized spacial score (nSPS) is 18.3. The highest BCUT2D eigenvalue weighted by atomic mass is 35.5. The van der Waals surface area contributed by atoms with Crippen molar-refractivity contribution in [1.29, 1.82) is 0 Å². The molecule has 0 aromatic heterocycles. The average Bonchev–Trinajstić information content (AvgIpc) is 2.81. The highest BCUT2D eigenvalue weighted by Gasteiger charge is 2.27. The molecule has 1 unspecified atom stereocenters. The zero-order valence-corrected chi connectivity index (χ0v) is 14.7. The van der Waals surface area contributed by atoms with Gasteiger partial charge in [-0.15, -0.1) is 0 Å². The van der Waals surface area contributed by atoms with Gasteiger partial charge >= 0.3 is 0 Å². The molecule has 0 saturated carbocycles. The molecular formula is C19H18Cl2FNO. The van der Waals surface area contributed by atoms with Crippen molar-refractivity contribution in [2.24, 2.45) is 0 Å². The molecular weight excluding hydrogens is 348 g/mol. The summed E-state index contributed by atoms with van der Waals surface area (Å²) < 4.78 is 14.1. The van der Waals surface area contributed by atoms with Crippen molar-refractivity contribution in [3.8, 4) is 0 Å². The monoisotopic (exact) mass is 365 g/mol. The first-order valence-electron chi connectivity index (χ1n) is 8.05. The van der Waals surface area contributed by atoms with E-state index in [0.717, 1.165) is 24.8 Å². The van der Waals surface area contributed by atoms with Crippen LogP contribution in [0.5, 0.6) is 0 Å². The van der Waals surface area contributed by atoms with Gasteiger partial charge in [0, 0.05) is 24.0 Å². The number of nitrogens with zero attached hydrogens (tertiary/aromatic N) is 1. The summed E-state index contributed by atoms with van der Waals surface area (Å²) in [7, 11) is 0. The van der Waals surface area contributed by atoms with Crippen molar-refractivity contribution < 1.29 is 9.18 Å². The zero-order valence-electron chi connectivity index (χ0n) is 13.1. The van der Waals surface area contributed by atoms with Crippen LogP contribution in [0.2, 0.25) is 10.0 Å². The average molecular weight is 366 g/mol. The van der Waals surface area contributed by atoms with Crippen molar-refractivity contribution in [3.05, 3.63) is 69.5 Å². The standard InChI is InChI=1S/C19H18Cl2FNO/c20-15-9-7-13(8-10-15)14-4-1-2-11-23(12-14)19(24)18-16(21)5-3-6-17(18)22/h3,5-10,14H,1-2,4,11-12H2. The molecule has 24 heavy (non-hydrogen) atoms. The van der Waals surface area contributed by atoms with Gasteiger partial charge in [-0.25, -0.2) is 4.39 Å². The van der Waals surface area contributed by atoms with Crippen LogP contribution in [0.1, 0.15) is 41.1 Å². The van der Waals surface area contributed by atoms with Crippen LogP contribution in [-0.4, -0.2) is 23.9 Å². The van der Waals surface area contributed by atoms with Gasteiger partial charge < -0.3 is 4.90 Å². The Hall–Kier alpha value is -1.58. The van der Waals surface area contributed by atoms with Crippen molar-refractivity contribution >= 4 is 29.1 Å². The van der Waals surface area contributed by atoms with Gasteiger partial charge in [-0.1, -0.05) is 47.8 Å². The summed E-state index contributed by atoms with van der Waals surface area (Å²) in [6.07, 6.45) is 2.93. The lowest BCUT2D eigenvalue weighted by atomic mass is 9.94. The molecule has 0 N–H and O–H groups in total. The molecule has 2 aromatic carbocycles. The van der Waals surface area contributed by atoms with Crippen molar-refractivity contribution in [2.75, 3.05) is 13.1 Å². The zero-order chi connectivity index (χ0) is 17.1. The van der Waals surface area contributed by atoms with E-state index in [4.69, 9.17) is 23.2 Å². The molecule has 0 spiro atoms. The minimum Gasteiger partial charge on any atom is -0.338 e. The molecule has 3 rings (SSSR count). The van der Waals surface area contributed by atoms with Crippen LogP contribution >= 0.6 is 23.2 Å². The molecule has 0 radical (unpaired) electrons. The molecule has 1 amide bonds. The Bertz CT molecular complexity index is 712. The summed E-state index contributed by atoms with van der Waals surface area (Å²) in [5.41, 5.74) is 1.12. The van der Waals surface area contributed by atoms with E-state index in [-0.39, 0.29) is 22.4 Å². The molecule has 5 heteroatoms. The van der Waals surface area contributed by atoms with Crippen LogP contribution in [0.25, 0.3) is 0 Å². The number of hydrogen-bond donors (Lipinski definition) is 0. The fourth-order valence-electron chi connectivity index (χ4n) is 3.19. The summed E-state index contributed by atoms with van der Waals surface area (Å²) in [5, 5.41) is 0.853. The predicted octanol–water partition coefficient (Wildman–Crippen LogP) is 5.54. The Morgan fingerprint density at radius 3 is 2.54 bits per heavy atom. The second-order valence-electron chi connectivity index (χ2n) is 6.09. The molecule has 1 fully saturated rings. The Morgan fingerprint density at radius 1 is 1.08 bits per heavy atom. The maximum Gasteiger partial charge on any atom is 0.258 e. The number of hydrogen-bond acceptors (Lipinski definition) is 1. The van der Waals surface area contributed by atoms with Crippen LogP contribution < -0.4 is 0 Å². The smallest absolute Gasteiger partial charge is 0.258 e. The van der Waals surface area contributed by atoms with Gasteiger partial charge in [0.2, 0.25) is 0 Å². The SMILES string of the molecule is O=C(c1c(F)cccc1Cl)N1CCCCC(c2ccc(Cl)cc2)C1. The number of benzene rings is 2. The molecule has 2 nitrogen and oxygen atoms in total. The molecule has 2 aromatic rings. The molecule has 1 saturated heterocycles. The first-order valence-corrected chi connectivity index (χ1v) is 8.80. The number of carbonyl (C=O) groups is 1. The largest absolute Gasteiger partial charge is 0.338 e. The third-order valence-electron chi connectivity index (χ3n) is 4.48. The third kappa shape index (κ3) is 3.73. The lowest BCUT2D eigenvalue weighted by molar-refractivity contribution is 0.0750. The van der Waals surface area contributed by atoms with Crippen LogP contribution in [0.3, 0.4) is 0 Å². The summed E-state index contributed by atoms with van der Waals surface area (Å²) >= 11 is 12.0. The number of likely N-dealkylation sites (tertiary alicyclic amines) is 1. The topological polar surface area (TPSA) is 20.3 Å². The molecule has 1 aliphatic heterocycles. The lowest BCUT2D eigenvalue weighted by Crippen LogP contribution is -2.34. The first kappa shape index (κ1) is 17.2. The number of carbonyl (C=O) groups excluding carboxylic acids is 1. The quantitative estimate of drug-likeness (QED) is 0.683. The predicted molar refractivity (Wildman–Crippen MR) is 95.4 cm³/mol. The van der Waals surface area contributed by atoms with Crippen molar-refractivity contribution in [2.45, 2.75) is 25.2 Å². The molecule has 0 aliphatic carbocycles. The maximum atomic E-state index is 14.1. The minimum atomic E-state index is -0.570. The van der Waals surface area contributed by atoms with Gasteiger partial charge in [0.25, 0.3) is 5.91 Å². The van der Waals surface area contributed by atoms with Gasteiger partial charge in [-0.2, -0.15) is 0 Å². The van der Waals surface area contributed by atoms with Crippen LogP contribution in [0.4, 0.5) is 4.39 Å². The van der Waals surface area contributed by atoms with E-state index in [9.17, 15) is 9.18 Å². The Kier molecular flexibility index (Phi) is 5.42. The van der Waals surface area contributed by atoms with Crippen molar-refractivity contribution in [1.82, 2.24) is 4.90 Å². The van der Waals surface area contributed by atoms with E-state index in [0.29, 0.717) is 18.1 Å². The van der Waals surface area contributed by atoms with E-state index >= 15 is 0 Å². The first-order chi connectivity index (χ1) is 11.6. The maximum absolute atomic E-state index is 14.1. The van der Waals surface area contributed by atoms with E-state index in [1.54, 1.807) is 11.0 Å². The molecule has 126 valence electrons. The van der Waals surface area contributed by atoms with E-state index in [1.165, 1.54) is 12.1 Å². The molecule has 1 atom stereocenters. The van der Waals surface area contributed by atoms with Crippen LogP contribution in [0, 0.1) is 5.82 Å². The Morgan fingerprint density at radius 2 is 1.83 bits per heavy atom. The van der Waals surface area contributed by atoms with Crippen LogP contribution in [0.15, 0.2) is 42.5 Å². The second kappa shape index (κ2) is 7.54. The molecule has 1 heterocycles. The van der Waals surface area contributed by atoms with Gasteiger partial charge in [0.15, 0.2) is 0 Å². The van der Waals surface area contributed by atoms with Crippen molar-refractivity contribution in [3.63, 3.8) is 0 Å². The number of rotatable bonds is 2. The minimum absolute atomic E-state index is 0.0316. The number of amides is 1. The molecule has 0 bridgehead atoms. The van der Waals surface area contributed by atoms with Crippen LogP contribution in [-0.2, 0) is 0 Å². The van der Waals surface area contributed by atoms with E-state index < -0.39 is 5.82 Å². The summed E-state index contributed by atoms with van der Waals surface area (Å²) in [5.74, 6) is -0.682. The van der Waals surface area contributed by atoms with E-state index in [1.807, 2.05) is 24.3 Å². The molecule has 1 aliphatic rings. The number of halogens is 3. The van der Waals surface area contributed by atoms with E-state index in [2.05, 4.69) is 0 Å². The fraction of sp³-hybridized carbons (Fsp3) is 0.316. The highest BCUT2D eigenvalue weighted by molar-refractivity contribution is 6.33. The summed E-state index contributed by atoms with van der Waals surface area (Å²) in [6.45, 7) is 1.18. The van der Waals surface area contributed by atoms with Gasteiger partial charge in [0.1, 0.15) is 5.82 Å². The van der Waals surface area contributed by atoms with Gasteiger partial charge in [-0.3, -0.25) is 4.79 Å². The second-order valence-corrected chi connectivity index (χ2v) is 6.94. The Labute approximate surface area is 151 Å². The van der Waals surface area contributed by atoms with Gasteiger partial charge in [-0.05, 0) is 42.7 Å². The summed E-state index contributed by atoms with van der Waals surface area (Å²) in [6, 6.07) is 12.0.